The van der Waals surface area contributed by atoms with Crippen molar-refractivity contribution in [2.45, 2.75) is 32.2 Å². The molecule has 22 heavy (non-hydrogen) atoms. The summed E-state index contributed by atoms with van der Waals surface area (Å²) in [5.74, 6) is -1.73. The summed E-state index contributed by atoms with van der Waals surface area (Å²) in [7, 11) is 0. The number of halogens is 2. The Bertz CT molecular complexity index is 484. The molecule has 1 fully saturated rings. The molecule has 124 valence electrons. The van der Waals surface area contributed by atoms with Gasteiger partial charge >= 0.3 is 0 Å². The summed E-state index contributed by atoms with van der Waals surface area (Å²) in [4.78, 5) is 2.05. The number of morpholine rings is 1. The van der Waals surface area contributed by atoms with E-state index in [1.54, 1.807) is 0 Å². The quantitative estimate of drug-likeness (QED) is 0.873. The van der Waals surface area contributed by atoms with Crippen molar-refractivity contribution < 1.29 is 23.4 Å². The number of aliphatic hydroxyl groups excluding tert-OH is 1. The lowest BCUT2D eigenvalue weighted by molar-refractivity contribution is -0.0575. The van der Waals surface area contributed by atoms with Crippen LogP contribution in [0.1, 0.15) is 25.5 Å². The van der Waals surface area contributed by atoms with Gasteiger partial charge in [-0.25, -0.2) is 8.78 Å². The van der Waals surface area contributed by atoms with Crippen molar-refractivity contribution in [2.75, 3.05) is 32.8 Å². The van der Waals surface area contributed by atoms with E-state index < -0.39 is 17.7 Å². The molecule has 1 aromatic carbocycles. The highest BCUT2D eigenvalue weighted by molar-refractivity contribution is 5.21. The molecule has 2 rings (SSSR count). The van der Waals surface area contributed by atoms with Gasteiger partial charge in [0.2, 0.25) is 0 Å². The summed E-state index contributed by atoms with van der Waals surface area (Å²) < 4.78 is 37.3. The SMILES string of the molecule is CC(C)OCC(O)CN1CCOC(c2ccc(F)c(F)c2)C1. The van der Waals surface area contributed by atoms with E-state index in [0.29, 0.717) is 31.8 Å². The standard InChI is InChI=1S/C16H23F2NO3/c1-11(2)22-10-13(20)8-19-5-6-21-16(9-19)12-3-4-14(17)15(18)7-12/h3-4,7,11,13,16,20H,5-6,8-10H2,1-2H3. The van der Waals surface area contributed by atoms with Gasteiger partial charge in [0.1, 0.15) is 0 Å². The lowest BCUT2D eigenvalue weighted by Gasteiger charge is -2.34. The molecule has 6 heteroatoms. The first kappa shape index (κ1) is 17.3. The van der Waals surface area contributed by atoms with Gasteiger partial charge < -0.3 is 14.6 Å². The van der Waals surface area contributed by atoms with Gasteiger partial charge in [0, 0.05) is 19.6 Å². The number of nitrogens with zero attached hydrogens (tertiary/aromatic N) is 1. The van der Waals surface area contributed by atoms with Crippen LogP contribution < -0.4 is 0 Å². The highest BCUT2D eigenvalue weighted by Crippen LogP contribution is 2.23. The average molecular weight is 315 g/mol. The van der Waals surface area contributed by atoms with Crippen LogP contribution in [0.2, 0.25) is 0 Å². The van der Waals surface area contributed by atoms with Gasteiger partial charge in [-0.1, -0.05) is 6.07 Å². The predicted octanol–water partition coefficient (Wildman–Crippen LogP) is 2.12. The summed E-state index contributed by atoms with van der Waals surface area (Å²) in [6.45, 7) is 6.30. The second-order valence-electron chi connectivity index (χ2n) is 5.83. The van der Waals surface area contributed by atoms with Gasteiger partial charge in [0.25, 0.3) is 0 Å². The molecule has 1 aliphatic rings. The fourth-order valence-corrected chi connectivity index (χ4v) is 2.44. The number of rotatable bonds is 6. The molecule has 1 saturated heterocycles. The van der Waals surface area contributed by atoms with Crippen LogP contribution in [0, 0.1) is 11.6 Å². The number of benzene rings is 1. The number of ether oxygens (including phenoxy) is 2. The Kier molecular flexibility index (Phi) is 6.26. The largest absolute Gasteiger partial charge is 0.389 e. The molecule has 4 nitrogen and oxygen atoms in total. The minimum Gasteiger partial charge on any atom is -0.389 e. The third kappa shape index (κ3) is 4.98. The first-order chi connectivity index (χ1) is 10.5. The third-order valence-corrected chi connectivity index (χ3v) is 3.56. The monoisotopic (exact) mass is 315 g/mol. The summed E-state index contributed by atoms with van der Waals surface area (Å²) in [6, 6.07) is 3.81. The molecular formula is C16H23F2NO3. The molecule has 1 aromatic rings. The molecule has 0 radical (unpaired) electrons. The fourth-order valence-electron chi connectivity index (χ4n) is 2.44. The van der Waals surface area contributed by atoms with E-state index in [2.05, 4.69) is 0 Å². The first-order valence-corrected chi connectivity index (χ1v) is 7.54. The molecule has 2 atom stereocenters. The summed E-state index contributed by atoms with van der Waals surface area (Å²) in [5.41, 5.74) is 0.608. The normalized spacial score (nSPS) is 21.3. The van der Waals surface area contributed by atoms with Crippen LogP contribution in [0.15, 0.2) is 18.2 Å². The van der Waals surface area contributed by atoms with E-state index >= 15 is 0 Å². The number of aliphatic hydroxyl groups is 1. The molecule has 0 aromatic heterocycles. The van der Waals surface area contributed by atoms with Crippen molar-refractivity contribution in [3.63, 3.8) is 0 Å². The van der Waals surface area contributed by atoms with Crippen molar-refractivity contribution in [1.82, 2.24) is 4.90 Å². The molecular weight excluding hydrogens is 292 g/mol. The molecule has 0 amide bonds. The fraction of sp³-hybridized carbons (Fsp3) is 0.625. The van der Waals surface area contributed by atoms with Gasteiger partial charge in [-0.05, 0) is 31.5 Å². The number of hydrogen-bond acceptors (Lipinski definition) is 4. The second kappa shape index (κ2) is 7.97. The highest BCUT2D eigenvalue weighted by Gasteiger charge is 2.24. The van der Waals surface area contributed by atoms with Crippen LogP contribution in [-0.4, -0.2) is 55.1 Å². The Labute approximate surface area is 129 Å². The van der Waals surface area contributed by atoms with Crippen molar-refractivity contribution in [3.8, 4) is 0 Å². The molecule has 0 spiro atoms. The van der Waals surface area contributed by atoms with Crippen molar-refractivity contribution in [3.05, 3.63) is 35.4 Å². The van der Waals surface area contributed by atoms with Crippen LogP contribution in [0.4, 0.5) is 8.78 Å². The van der Waals surface area contributed by atoms with Crippen molar-refractivity contribution in [2.24, 2.45) is 0 Å². The van der Waals surface area contributed by atoms with Crippen LogP contribution in [0.3, 0.4) is 0 Å². The maximum Gasteiger partial charge on any atom is 0.159 e. The lowest BCUT2D eigenvalue weighted by atomic mass is 10.1. The van der Waals surface area contributed by atoms with E-state index in [1.807, 2.05) is 18.7 Å². The van der Waals surface area contributed by atoms with E-state index in [0.717, 1.165) is 6.07 Å². The molecule has 0 bridgehead atoms. The van der Waals surface area contributed by atoms with Gasteiger partial charge in [-0.2, -0.15) is 0 Å². The van der Waals surface area contributed by atoms with Gasteiger partial charge in [0.05, 0.1) is 31.5 Å². The van der Waals surface area contributed by atoms with Crippen LogP contribution in [-0.2, 0) is 9.47 Å². The average Bonchev–Trinajstić information content (AvgIpc) is 2.48. The van der Waals surface area contributed by atoms with Crippen LogP contribution in [0.5, 0.6) is 0 Å². The van der Waals surface area contributed by atoms with Gasteiger partial charge in [-0.15, -0.1) is 0 Å². The van der Waals surface area contributed by atoms with Gasteiger partial charge in [-0.3, -0.25) is 4.90 Å². The zero-order valence-electron chi connectivity index (χ0n) is 13.0. The molecule has 0 aliphatic carbocycles. The summed E-state index contributed by atoms with van der Waals surface area (Å²) >= 11 is 0. The lowest BCUT2D eigenvalue weighted by Crippen LogP contribution is -2.43. The van der Waals surface area contributed by atoms with Gasteiger partial charge in [0.15, 0.2) is 11.6 Å². The Morgan fingerprint density at radius 3 is 2.82 bits per heavy atom. The number of β-amino-alcohol motifs (C(OH)–C–C–N with tert-alkyl or cyclic N) is 1. The minimum absolute atomic E-state index is 0.0780. The van der Waals surface area contributed by atoms with Crippen molar-refractivity contribution in [1.29, 1.82) is 0 Å². The highest BCUT2D eigenvalue weighted by atomic mass is 19.2. The first-order valence-electron chi connectivity index (χ1n) is 7.54. The number of hydrogen-bond donors (Lipinski definition) is 1. The smallest absolute Gasteiger partial charge is 0.159 e. The van der Waals surface area contributed by atoms with E-state index in [-0.39, 0.29) is 18.8 Å². The summed E-state index contributed by atoms with van der Waals surface area (Å²) in [6.07, 6.45) is -0.817. The van der Waals surface area contributed by atoms with E-state index in [1.165, 1.54) is 12.1 Å². The second-order valence-corrected chi connectivity index (χ2v) is 5.83. The Morgan fingerprint density at radius 2 is 2.14 bits per heavy atom. The topological polar surface area (TPSA) is 41.9 Å². The minimum atomic E-state index is -0.872. The molecule has 2 unspecified atom stereocenters. The maximum atomic E-state index is 13.3. The Hall–Kier alpha value is -1.08. The molecule has 1 aliphatic heterocycles. The van der Waals surface area contributed by atoms with Crippen molar-refractivity contribution >= 4 is 0 Å². The zero-order valence-corrected chi connectivity index (χ0v) is 13.0. The maximum absolute atomic E-state index is 13.3. The predicted molar refractivity (Wildman–Crippen MR) is 78.6 cm³/mol. The molecule has 1 heterocycles. The molecule has 1 N–H and O–H groups in total. The van der Waals surface area contributed by atoms with Crippen LogP contribution in [0.25, 0.3) is 0 Å². The third-order valence-electron chi connectivity index (χ3n) is 3.56. The van der Waals surface area contributed by atoms with E-state index in [9.17, 15) is 13.9 Å². The Morgan fingerprint density at radius 1 is 1.36 bits per heavy atom. The van der Waals surface area contributed by atoms with E-state index in [4.69, 9.17) is 9.47 Å². The Balaban J connectivity index is 1.89. The summed E-state index contributed by atoms with van der Waals surface area (Å²) in [5, 5.41) is 9.97. The van der Waals surface area contributed by atoms with Crippen LogP contribution >= 0.6 is 0 Å². The zero-order chi connectivity index (χ0) is 16.1. The molecule has 0 saturated carbocycles.